The smallest absolute Gasteiger partial charge is 0.411 e. The van der Waals surface area contributed by atoms with Gasteiger partial charge in [0.2, 0.25) is 5.60 Å². The SMILES string of the molecule is Cc1cc(C(C)(OC(=O)N2CCC(c3cc4ccccc4[nH]c3=O)CC2)C(=O)N2CCN(c3ccncc3)CC2)cc2cn[nH]c12. The van der Waals surface area contributed by atoms with Crippen LogP contribution in [0.4, 0.5) is 10.5 Å². The third-order valence-corrected chi connectivity index (χ3v) is 9.57. The third-order valence-electron chi connectivity index (χ3n) is 9.57. The molecule has 236 valence electrons. The van der Waals surface area contributed by atoms with Crippen molar-refractivity contribution in [3.05, 3.63) is 100 Å². The summed E-state index contributed by atoms with van der Waals surface area (Å²) in [6.45, 7) is 6.78. The summed E-state index contributed by atoms with van der Waals surface area (Å²) in [6, 6.07) is 17.4. The number of amides is 2. The van der Waals surface area contributed by atoms with E-state index in [9.17, 15) is 14.4 Å². The van der Waals surface area contributed by atoms with E-state index in [2.05, 4.69) is 25.1 Å². The molecular weight excluding hydrogens is 582 g/mol. The summed E-state index contributed by atoms with van der Waals surface area (Å²) < 4.78 is 6.27. The zero-order valence-corrected chi connectivity index (χ0v) is 26.0. The first-order valence-corrected chi connectivity index (χ1v) is 15.8. The van der Waals surface area contributed by atoms with Crippen LogP contribution in [0.3, 0.4) is 0 Å². The Labute approximate surface area is 266 Å². The van der Waals surface area contributed by atoms with Gasteiger partial charge in [-0.15, -0.1) is 0 Å². The number of para-hydroxylation sites is 1. The Morgan fingerprint density at radius 1 is 0.913 bits per heavy atom. The predicted octanol–water partition coefficient (Wildman–Crippen LogP) is 4.69. The van der Waals surface area contributed by atoms with Gasteiger partial charge >= 0.3 is 6.09 Å². The van der Waals surface area contributed by atoms with Crippen molar-refractivity contribution in [1.82, 2.24) is 30.0 Å². The van der Waals surface area contributed by atoms with Gasteiger partial charge in [-0.3, -0.25) is 19.7 Å². The number of benzene rings is 2. The van der Waals surface area contributed by atoms with Crippen LogP contribution in [-0.4, -0.2) is 81.2 Å². The Balaban J connectivity index is 1.10. The minimum atomic E-state index is -1.56. The molecule has 2 aliphatic rings. The van der Waals surface area contributed by atoms with Crippen LogP contribution in [0.2, 0.25) is 0 Å². The van der Waals surface area contributed by atoms with Gasteiger partial charge in [0.15, 0.2) is 0 Å². The number of ether oxygens (including phenoxy) is 1. The average molecular weight is 620 g/mol. The predicted molar refractivity (Wildman–Crippen MR) is 176 cm³/mol. The van der Waals surface area contributed by atoms with Crippen molar-refractivity contribution in [3.8, 4) is 0 Å². The number of nitrogens with one attached hydrogen (secondary N) is 2. The molecule has 0 saturated carbocycles. The van der Waals surface area contributed by atoms with Crippen LogP contribution in [0.25, 0.3) is 21.8 Å². The molecule has 0 aliphatic carbocycles. The number of H-pyrrole nitrogens is 2. The van der Waals surface area contributed by atoms with Gasteiger partial charge in [0.1, 0.15) is 0 Å². The van der Waals surface area contributed by atoms with Crippen LogP contribution >= 0.6 is 0 Å². The molecule has 0 radical (unpaired) electrons. The Morgan fingerprint density at radius 3 is 2.41 bits per heavy atom. The lowest BCUT2D eigenvalue weighted by Crippen LogP contribution is -2.56. The highest BCUT2D eigenvalue weighted by Crippen LogP contribution is 2.35. The fourth-order valence-corrected chi connectivity index (χ4v) is 6.84. The number of hydrogen-bond acceptors (Lipinski definition) is 7. The monoisotopic (exact) mass is 619 g/mol. The number of fused-ring (bicyclic) bond motifs is 2. The van der Waals surface area contributed by atoms with Crippen molar-refractivity contribution in [3.63, 3.8) is 0 Å². The highest BCUT2D eigenvalue weighted by atomic mass is 16.6. The van der Waals surface area contributed by atoms with E-state index in [1.165, 1.54) is 0 Å². The number of carbonyl (C=O) groups is 2. The van der Waals surface area contributed by atoms with E-state index in [1.807, 2.05) is 61.5 Å². The molecule has 5 heterocycles. The molecule has 46 heavy (non-hydrogen) atoms. The summed E-state index contributed by atoms with van der Waals surface area (Å²) in [4.78, 5) is 53.9. The highest BCUT2D eigenvalue weighted by Gasteiger charge is 2.45. The molecule has 7 rings (SSSR count). The molecule has 0 bridgehead atoms. The first-order chi connectivity index (χ1) is 22.3. The maximum absolute atomic E-state index is 14.4. The van der Waals surface area contributed by atoms with Gasteiger partial charge in [-0.2, -0.15) is 5.10 Å². The van der Waals surface area contributed by atoms with Crippen molar-refractivity contribution >= 4 is 39.5 Å². The molecule has 2 saturated heterocycles. The number of nitrogens with zero attached hydrogens (tertiary/aromatic N) is 5. The highest BCUT2D eigenvalue weighted by molar-refractivity contribution is 5.91. The van der Waals surface area contributed by atoms with Crippen LogP contribution in [0.15, 0.2) is 78.0 Å². The zero-order valence-electron chi connectivity index (χ0n) is 26.0. The molecule has 2 fully saturated rings. The number of likely N-dealkylation sites (tertiary alicyclic amines) is 1. The van der Waals surface area contributed by atoms with Gasteiger partial charge in [-0.1, -0.05) is 18.2 Å². The van der Waals surface area contributed by atoms with Crippen molar-refractivity contribution in [2.45, 2.75) is 38.2 Å². The molecule has 11 heteroatoms. The molecule has 2 aliphatic heterocycles. The van der Waals surface area contributed by atoms with Crippen LogP contribution < -0.4 is 10.5 Å². The van der Waals surface area contributed by atoms with Crippen LogP contribution in [0.1, 0.15) is 42.4 Å². The second kappa shape index (κ2) is 12.0. The Hall–Kier alpha value is -5.19. The first-order valence-electron chi connectivity index (χ1n) is 15.8. The molecule has 11 nitrogen and oxygen atoms in total. The number of piperidine rings is 1. The summed E-state index contributed by atoms with van der Waals surface area (Å²) in [7, 11) is 0. The minimum Gasteiger partial charge on any atom is -0.428 e. The van der Waals surface area contributed by atoms with Gasteiger partial charge in [0.05, 0.1) is 11.7 Å². The van der Waals surface area contributed by atoms with Crippen LogP contribution in [0.5, 0.6) is 0 Å². The number of aromatic nitrogens is 4. The number of rotatable bonds is 5. The lowest BCUT2D eigenvalue weighted by Gasteiger charge is -2.41. The number of piperazine rings is 1. The van der Waals surface area contributed by atoms with E-state index in [1.54, 1.807) is 35.3 Å². The molecule has 3 aromatic heterocycles. The van der Waals surface area contributed by atoms with Crippen LogP contribution in [-0.2, 0) is 15.1 Å². The van der Waals surface area contributed by atoms with Gasteiger partial charge < -0.3 is 24.4 Å². The van der Waals surface area contributed by atoms with Gasteiger partial charge in [-0.05, 0) is 80.0 Å². The van der Waals surface area contributed by atoms with E-state index in [0.29, 0.717) is 57.7 Å². The number of anilines is 1. The molecule has 2 amide bonds. The fourth-order valence-electron chi connectivity index (χ4n) is 6.84. The van der Waals surface area contributed by atoms with Crippen molar-refractivity contribution in [2.75, 3.05) is 44.2 Å². The molecule has 0 spiro atoms. The topological polar surface area (TPSA) is 128 Å². The van der Waals surface area contributed by atoms with E-state index >= 15 is 0 Å². The molecule has 1 unspecified atom stereocenters. The van der Waals surface area contributed by atoms with E-state index in [-0.39, 0.29) is 17.4 Å². The summed E-state index contributed by atoms with van der Waals surface area (Å²) in [5.74, 6) is -0.233. The summed E-state index contributed by atoms with van der Waals surface area (Å²) >= 11 is 0. The molecule has 2 N–H and O–H groups in total. The van der Waals surface area contributed by atoms with E-state index in [0.717, 1.165) is 38.6 Å². The van der Waals surface area contributed by atoms with Crippen molar-refractivity contribution in [2.24, 2.45) is 0 Å². The Morgan fingerprint density at radius 2 is 1.65 bits per heavy atom. The summed E-state index contributed by atoms with van der Waals surface area (Å²) in [5, 5.41) is 9.01. The Bertz CT molecular complexity index is 1960. The number of hydrogen-bond donors (Lipinski definition) is 2. The maximum Gasteiger partial charge on any atom is 0.411 e. The summed E-state index contributed by atoms with van der Waals surface area (Å²) in [5.41, 5.74) is 3.35. The molecule has 5 aromatic rings. The fraction of sp³-hybridized carbons (Fsp3) is 0.343. The Kier molecular flexibility index (Phi) is 7.67. The number of carbonyl (C=O) groups excluding carboxylic acids is 2. The largest absolute Gasteiger partial charge is 0.428 e. The molecule has 2 aromatic carbocycles. The van der Waals surface area contributed by atoms with Gasteiger partial charge in [-0.25, -0.2) is 4.79 Å². The van der Waals surface area contributed by atoms with Crippen molar-refractivity contribution in [1.29, 1.82) is 0 Å². The molecular formula is C35H37N7O4. The second-order valence-corrected chi connectivity index (χ2v) is 12.4. The minimum absolute atomic E-state index is 0.0215. The number of aryl methyl sites for hydroxylation is 1. The molecule has 1 atom stereocenters. The van der Waals surface area contributed by atoms with E-state index in [4.69, 9.17) is 4.74 Å². The lowest BCUT2D eigenvalue weighted by molar-refractivity contribution is -0.152. The maximum atomic E-state index is 14.4. The normalized spacial score (nSPS) is 17.3. The van der Waals surface area contributed by atoms with E-state index < -0.39 is 11.7 Å². The summed E-state index contributed by atoms with van der Waals surface area (Å²) in [6.07, 6.45) is 5.95. The lowest BCUT2D eigenvalue weighted by atomic mass is 9.89. The van der Waals surface area contributed by atoms with Gasteiger partial charge in [0.25, 0.3) is 11.5 Å². The second-order valence-electron chi connectivity index (χ2n) is 12.4. The first kappa shape index (κ1) is 29.5. The quantitative estimate of drug-likeness (QED) is 0.292. The number of aromatic amines is 2. The standard InChI is InChI=1S/C35H37N7O4/c1-23-19-27(20-26-22-37-39-31(23)26)35(2,33(44)41-17-15-40(16-18-41)28-7-11-36-12-8-28)46-34(45)42-13-9-24(10-14-42)29-21-25-5-3-4-6-30(25)38-32(29)43/h3-8,11-12,19-22,24H,9-10,13-18H2,1-2H3,(H,37,39)(H,38,43). The number of pyridine rings is 2. The average Bonchev–Trinajstić information content (AvgIpc) is 3.58. The zero-order chi connectivity index (χ0) is 31.8. The third kappa shape index (κ3) is 5.46. The van der Waals surface area contributed by atoms with Gasteiger partial charge in [0, 0.05) is 79.4 Å². The van der Waals surface area contributed by atoms with Crippen molar-refractivity contribution < 1.29 is 14.3 Å². The van der Waals surface area contributed by atoms with Crippen LogP contribution in [0, 0.1) is 6.92 Å².